The summed E-state index contributed by atoms with van der Waals surface area (Å²) >= 11 is 0. The average Bonchev–Trinajstić information content (AvgIpc) is 3.89. The number of benzene rings is 9. The Balaban J connectivity index is 1.16. The van der Waals surface area contributed by atoms with E-state index in [-0.39, 0.29) is 0 Å². The molecule has 0 heterocycles. The van der Waals surface area contributed by atoms with Crippen LogP contribution >= 0.6 is 0 Å². The van der Waals surface area contributed by atoms with E-state index in [1.165, 1.54) is 137 Å². The summed E-state index contributed by atoms with van der Waals surface area (Å²) in [5.41, 5.74) is 21.9. The maximum absolute atomic E-state index is 2.61. The third-order valence-electron chi connectivity index (χ3n) is 14.4. The molecule has 3 aliphatic rings. The molecule has 0 atom stereocenters. The van der Waals surface area contributed by atoms with Crippen LogP contribution < -0.4 is 9.80 Å². The molecule has 3 aliphatic carbocycles. The average molecular weight is 801 g/mol. The number of fused-ring (bicyclic) bond motifs is 5. The number of rotatable bonds is 8. The Kier molecular flexibility index (Phi) is 8.68. The molecule has 0 amide bonds. The van der Waals surface area contributed by atoms with Crippen LogP contribution in [0.1, 0.15) is 98.6 Å². The molecule has 62 heavy (non-hydrogen) atoms. The molecule has 302 valence electrons. The SMILES string of the molecule is CC(C)c1cc(N(c2ccccc2)c2cccc3c2CC2=C3CCCC2)c2ccc3c(C(C)C)cc(N(c4ccccc4)c4cccc5c4Cc4ccccc4-5)c4ccc1c2c34. The summed E-state index contributed by atoms with van der Waals surface area (Å²) in [6.07, 6.45) is 7.00. The van der Waals surface area contributed by atoms with Gasteiger partial charge in [0.15, 0.2) is 0 Å². The molecule has 9 aromatic carbocycles. The molecule has 0 bridgehead atoms. The molecule has 0 spiro atoms. The van der Waals surface area contributed by atoms with E-state index in [0.717, 1.165) is 12.8 Å². The summed E-state index contributed by atoms with van der Waals surface area (Å²) < 4.78 is 0. The summed E-state index contributed by atoms with van der Waals surface area (Å²) in [5, 5.41) is 8.03. The quantitative estimate of drug-likeness (QED) is 0.141. The van der Waals surface area contributed by atoms with Crippen LogP contribution in [0.4, 0.5) is 34.1 Å². The highest BCUT2D eigenvalue weighted by Crippen LogP contribution is 2.54. The van der Waals surface area contributed by atoms with Crippen molar-refractivity contribution in [2.45, 2.75) is 78.1 Å². The van der Waals surface area contributed by atoms with Gasteiger partial charge in [0.2, 0.25) is 0 Å². The molecule has 0 aromatic heterocycles. The molecule has 0 radical (unpaired) electrons. The van der Waals surface area contributed by atoms with Gasteiger partial charge >= 0.3 is 0 Å². The van der Waals surface area contributed by atoms with Gasteiger partial charge < -0.3 is 9.80 Å². The number of hydrogen-bond acceptors (Lipinski definition) is 2. The molecule has 0 aliphatic heterocycles. The van der Waals surface area contributed by atoms with Gasteiger partial charge in [-0.15, -0.1) is 0 Å². The topological polar surface area (TPSA) is 6.48 Å². The maximum Gasteiger partial charge on any atom is 0.0543 e. The highest BCUT2D eigenvalue weighted by molar-refractivity contribution is 6.29. The van der Waals surface area contributed by atoms with Gasteiger partial charge in [-0.05, 0) is 164 Å². The predicted molar refractivity (Wildman–Crippen MR) is 265 cm³/mol. The molecule has 2 nitrogen and oxygen atoms in total. The lowest BCUT2D eigenvalue weighted by molar-refractivity contribution is 0.711. The number of hydrogen-bond donors (Lipinski definition) is 0. The number of anilines is 6. The monoisotopic (exact) mass is 800 g/mol. The zero-order chi connectivity index (χ0) is 41.6. The number of para-hydroxylation sites is 2. The molecule has 0 unspecified atom stereocenters. The number of nitrogens with zero attached hydrogens (tertiary/aromatic N) is 2. The first-order valence-corrected chi connectivity index (χ1v) is 23.0. The van der Waals surface area contributed by atoms with Gasteiger partial charge in [-0.2, -0.15) is 0 Å². The van der Waals surface area contributed by atoms with Crippen LogP contribution in [0.15, 0.2) is 163 Å². The first-order valence-electron chi connectivity index (χ1n) is 23.0. The molecular formula is C60H52N2. The molecular weight excluding hydrogens is 749 g/mol. The Labute approximate surface area is 366 Å². The van der Waals surface area contributed by atoms with Crippen molar-refractivity contribution in [3.63, 3.8) is 0 Å². The Bertz CT molecular complexity index is 3240. The second kappa shape index (κ2) is 14.5. The van der Waals surface area contributed by atoms with E-state index >= 15 is 0 Å². The smallest absolute Gasteiger partial charge is 0.0543 e. The fourth-order valence-corrected chi connectivity index (χ4v) is 11.6. The molecule has 0 fully saturated rings. The Morgan fingerprint density at radius 3 is 1.47 bits per heavy atom. The summed E-state index contributed by atoms with van der Waals surface area (Å²) in [7, 11) is 0. The Morgan fingerprint density at radius 1 is 0.403 bits per heavy atom. The van der Waals surface area contributed by atoms with Crippen molar-refractivity contribution in [1.29, 1.82) is 0 Å². The van der Waals surface area contributed by atoms with E-state index in [2.05, 4.69) is 195 Å². The van der Waals surface area contributed by atoms with Gasteiger partial charge in [0, 0.05) is 28.6 Å². The zero-order valence-electron chi connectivity index (χ0n) is 36.3. The van der Waals surface area contributed by atoms with Crippen molar-refractivity contribution >= 4 is 72.0 Å². The normalized spacial score (nSPS) is 14.3. The minimum Gasteiger partial charge on any atom is -0.310 e. The molecule has 12 rings (SSSR count). The van der Waals surface area contributed by atoms with E-state index in [1.54, 1.807) is 11.1 Å². The highest BCUT2D eigenvalue weighted by atomic mass is 15.2. The van der Waals surface area contributed by atoms with E-state index in [0.29, 0.717) is 11.8 Å². The molecule has 0 N–H and O–H groups in total. The molecule has 2 heteroatoms. The summed E-state index contributed by atoms with van der Waals surface area (Å²) in [6, 6.07) is 60.1. The first kappa shape index (κ1) is 37.1. The molecule has 9 aromatic rings. The van der Waals surface area contributed by atoms with Gasteiger partial charge in [0.05, 0.1) is 22.7 Å². The second-order valence-electron chi connectivity index (χ2n) is 18.6. The first-order chi connectivity index (χ1) is 30.4. The van der Waals surface area contributed by atoms with Crippen molar-refractivity contribution < 1.29 is 0 Å². The Morgan fingerprint density at radius 2 is 0.887 bits per heavy atom. The van der Waals surface area contributed by atoms with Crippen LogP contribution in [0.2, 0.25) is 0 Å². The minimum atomic E-state index is 0.317. The van der Waals surface area contributed by atoms with Gasteiger partial charge in [-0.1, -0.05) is 142 Å². The predicted octanol–water partition coefficient (Wildman–Crippen LogP) is 17.2. The van der Waals surface area contributed by atoms with Crippen LogP contribution in [-0.4, -0.2) is 0 Å². The van der Waals surface area contributed by atoms with Gasteiger partial charge in [0.25, 0.3) is 0 Å². The summed E-state index contributed by atoms with van der Waals surface area (Å²) in [4.78, 5) is 5.19. The van der Waals surface area contributed by atoms with Crippen molar-refractivity contribution in [1.82, 2.24) is 0 Å². The Hall–Kier alpha value is -6.64. The van der Waals surface area contributed by atoms with E-state index in [1.807, 2.05) is 0 Å². The van der Waals surface area contributed by atoms with Gasteiger partial charge in [-0.3, -0.25) is 0 Å². The van der Waals surface area contributed by atoms with Crippen molar-refractivity contribution in [3.8, 4) is 11.1 Å². The standard InChI is InChI=1S/C60H52N2/c1-37(2)51-35-57(61(41-19-7-5-8-20-41)55-27-15-25-45-43-23-13-11-17-39(43)33-53(45)55)49-32-30-48-52(38(3)4)36-58(50-31-29-47(51)59(49)60(48)50)62(42-21-9-6-10-22-42)56-28-16-26-46-44-24-14-12-18-40(44)34-54(46)56/h5-11,13,15-17,19-23,25-32,35-38H,12,14,18,24,33-34H2,1-4H3. The second-order valence-corrected chi connectivity index (χ2v) is 18.6. The van der Waals surface area contributed by atoms with Gasteiger partial charge in [-0.25, -0.2) is 0 Å². The summed E-state index contributed by atoms with van der Waals surface area (Å²) in [6.45, 7) is 9.48. The lowest BCUT2D eigenvalue weighted by Gasteiger charge is -2.33. The molecule has 0 saturated carbocycles. The minimum absolute atomic E-state index is 0.317. The van der Waals surface area contributed by atoms with Crippen LogP contribution in [0.25, 0.3) is 49.0 Å². The maximum atomic E-state index is 2.61. The van der Waals surface area contributed by atoms with Crippen molar-refractivity contribution in [2.24, 2.45) is 0 Å². The van der Waals surface area contributed by atoms with E-state index < -0.39 is 0 Å². The highest BCUT2D eigenvalue weighted by Gasteiger charge is 2.31. The largest absolute Gasteiger partial charge is 0.310 e. The lowest BCUT2D eigenvalue weighted by Crippen LogP contribution is -2.15. The zero-order valence-corrected chi connectivity index (χ0v) is 36.3. The van der Waals surface area contributed by atoms with Crippen molar-refractivity contribution in [2.75, 3.05) is 9.80 Å². The lowest BCUT2D eigenvalue weighted by atomic mass is 9.84. The summed E-state index contributed by atoms with van der Waals surface area (Å²) in [5.74, 6) is 0.641. The van der Waals surface area contributed by atoms with E-state index in [9.17, 15) is 0 Å². The fourth-order valence-electron chi connectivity index (χ4n) is 11.6. The number of allylic oxidation sites excluding steroid dienone is 2. The van der Waals surface area contributed by atoms with Crippen LogP contribution in [0.5, 0.6) is 0 Å². The fraction of sp³-hybridized carbons (Fsp3) is 0.200. The van der Waals surface area contributed by atoms with Gasteiger partial charge in [0.1, 0.15) is 0 Å². The van der Waals surface area contributed by atoms with Crippen LogP contribution in [0, 0.1) is 0 Å². The third-order valence-corrected chi connectivity index (χ3v) is 14.4. The van der Waals surface area contributed by atoms with Crippen LogP contribution in [-0.2, 0) is 12.8 Å². The molecule has 0 saturated heterocycles. The van der Waals surface area contributed by atoms with Crippen LogP contribution in [0.3, 0.4) is 0 Å². The van der Waals surface area contributed by atoms with E-state index in [4.69, 9.17) is 0 Å². The van der Waals surface area contributed by atoms with Crippen molar-refractivity contribution in [3.05, 3.63) is 197 Å². The third kappa shape index (κ3) is 5.62.